The van der Waals surface area contributed by atoms with Gasteiger partial charge in [-0.3, -0.25) is 11.8 Å². The molecule has 6 rings (SSSR count). The van der Waals surface area contributed by atoms with E-state index in [0.717, 1.165) is 9.75 Å². The smallest absolute Gasteiger partial charge is 0.514 e. The molecule has 0 N–H and O–H groups in total. The van der Waals surface area contributed by atoms with Crippen molar-refractivity contribution in [3.8, 4) is 105 Å². The molecular weight excluding hydrogens is 1010 g/mol. The Morgan fingerprint density at radius 2 is 0.540 bits per heavy atom. The van der Waals surface area contributed by atoms with Gasteiger partial charge >= 0.3 is 21.1 Å². The van der Waals surface area contributed by atoms with E-state index in [2.05, 4.69) is 59.2 Å². The van der Waals surface area contributed by atoms with Gasteiger partial charge in [0.1, 0.15) is 34.5 Å². The molecular formula is C52H38O8PtS2. The zero-order valence-electron chi connectivity index (χ0n) is 35.5. The van der Waals surface area contributed by atoms with Crippen LogP contribution in [0.15, 0.2) is 83.6 Å². The van der Waals surface area contributed by atoms with Gasteiger partial charge in [0.15, 0.2) is 0 Å². The van der Waals surface area contributed by atoms with Crippen molar-refractivity contribution < 1.29 is 59.0 Å². The fraction of sp³-hybridized carbons (Fsp3) is 0.154. The Kier molecular flexibility index (Phi) is 18.6. The molecule has 0 fully saturated rings. The van der Waals surface area contributed by atoms with E-state index in [4.69, 9.17) is 50.7 Å². The van der Waals surface area contributed by atoms with Gasteiger partial charge in [-0.2, -0.15) is 0 Å². The van der Waals surface area contributed by atoms with E-state index in [-0.39, 0.29) is 21.1 Å². The molecule has 4 aromatic carbocycles. The van der Waals surface area contributed by atoms with E-state index in [0.29, 0.717) is 90.5 Å². The molecule has 0 aliphatic heterocycles. The predicted octanol–water partition coefficient (Wildman–Crippen LogP) is 9.04. The number of benzene rings is 4. The van der Waals surface area contributed by atoms with Gasteiger partial charge in [-0.15, -0.1) is 22.7 Å². The fourth-order valence-corrected chi connectivity index (χ4v) is 6.74. The van der Waals surface area contributed by atoms with Crippen LogP contribution in [0.1, 0.15) is 54.3 Å². The molecule has 0 radical (unpaired) electrons. The standard InChI is InChI=1S/2C26H19O4S.Pt/c2*1-6-18-14-24(28-3)19(15-23(18)27-2)9-10-20-16-26(30-5)21(17-25(20)29-4)11-12-22-8-7-13-31-22;/h2*7-8,13-17H,2-5H3;/q2*-1;+2. The summed E-state index contributed by atoms with van der Waals surface area (Å²) in [5, 5.41) is 3.97. The van der Waals surface area contributed by atoms with Crippen LogP contribution in [0.2, 0.25) is 0 Å². The molecule has 0 bridgehead atoms. The summed E-state index contributed by atoms with van der Waals surface area (Å²) in [6.07, 6.45) is 14.8. The normalized spacial score (nSPS) is 9.24. The van der Waals surface area contributed by atoms with Crippen molar-refractivity contribution in [1.82, 2.24) is 0 Å². The second-order valence-electron chi connectivity index (χ2n) is 12.2. The van der Waals surface area contributed by atoms with Crippen molar-refractivity contribution in [3.05, 3.63) is 151 Å². The fourth-order valence-electron chi connectivity index (χ4n) is 5.60. The SMILES string of the molecule is [C-]#Cc1cc(OC)c(C#Cc2cc(OC)c(C#Cc3cccs3)cc2OC)cc1OC.[C-]#Cc1cc(OC)c(C#Cc2cc(OC)c(C#Cc3cccs3)cc2OC)cc1OC.[Pt+2]. The van der Waals surface area contributed by atoms with Crippen LogP contribution in [-0.4, -0.2) is 56.9 Å². The molecule has 0 spiro atoms. The average Bonchev–Trinajstić information content (AvgIpc) is 4.06. The summed E-state index contributed by atoms with van der Waals surface area (Å²) in [7, 11) is 12.5. The molecule has 0 aliphatic rings. The third kappa shape index (κ3) is 12.4. The third-order valence-electron chi connectivity index (χ3n) is 8.70. The van der Waals surface area contributed by atoms with E-state index < -0.39 is 0 Å². The molecule has 316 valence electrons. The maximum absolute atomic E-state index is 7.40. The van der Waals surface area contributed by atoms with E-state index in [1.807, 2.05) is 47.2 Å². The number of hydrogen-bond donors (Lipinski definition) is 0. The molecule has 2 aromatic heterocycles. The maximum atomic E-state index is 7.40. The van der Waals surface area contributed by atoms with Crippen LogP contribution >= 0.6 is 22.7 Å². The summed E-state index contributed by atoms with van der Waals surface area (Å²) in [5.74, 6) is 34.0. The molecule has 0 saturated carbocycles. The average molecular weight is 1050 g/mol. The minimum Gasteiger partial charge on any atom is -0.514 e. The first-order valence-electron chi connectivity index (χ1n) is 18.3. The number of rotatable bonds is 8. The van der Waals surface area contributed by atoms with Crippen LogP contribution in [0.3, 0.4) is 0 Å². The second-order valence-corrected chi connectivity index (χ2v) is 14.1. The van der Waals surface area contributed by atoms with Gasteiger partial charge in [0.25, 0.3) is 0 Å². The van der Waals surface area contributed by atoms with Crippen LogP contribution in [0, 0.1) is 72.1 Å². The van der Waals surface area contributed by atoms with Crippen molar-refractivity contribution in [2.45, 2.75) is 0 Å². The Bertz CT molecular complexity index is 2690. The summed E-state index contributed by atoms with van der Waals surface area (Å²) >= 11 is 3.15. The van der Waals surface area contributed by atoms with Crippen LogP contribution in [0.4, 0.5) is 0 Å². The summed E-state index contributed by atoms with van der Waals surface area (Å²) in [6.45, 7) is 0. The van der Waals surface area contributed by atoms with Crippen LogP contribution in [-0.2, 0) is 21.1 Å². The Balaban J connectivity index is 0.000000272. The molecule has 11 heteroatoms. The predicted molar refractivity (Wildman–Crippen MR) is 243 cm³/mol. The Labute approximate surface area is 392 Å². The van der Waals surface area contributed by atoms with Gasteiger partial charge in [-0.05, 0) is 35.0 Å². The summed E-state index contributed by atoms with van der Waals surface area (Å²) in [4.78, 5) is 1.94. The zero-order valence-corrected chi connectivity index (χ0v) is 39.4. The van der Waals surface area contributed by atoms with Crippen molar-refractivity contribution >= 4 is 22.7 Å². The van der Waals surface area contributed by atoms with Crippen LogP contribution in [0.25, 0.3) is 0 Å². The van der Waals surface area contributed by atoms with Gasteiger partial charge < -0.3 is 50.7 Å². The number of ether oxygens (including phenoxy) is 8. The second kappa shape index (κ2) is 24.2. The molecule has 2 heterocycles. The van der Waals surface area contributed by atoms with Crippen molar-refractivity contribution in [2.24, 2.45) is 0 Å². The van der Waals surface area contributed by atoms with Crippen LogP contribution in [0.5, 0.6) is 46.0 Å². The minimum absolute atomic E-state index is 0. The molecule has 0 unspecified atom stereocenters. The van der Waals surface area contributed by atoms with Crippen molar-refractivity contribution in [1.29, 1.82) is 0 Å². The summed E-state index contributed by atoms with van der Waals surface area (Å²) in [5.41, 5.74) is 4.90. The number of hydrogen-bond acceptors (Lipinski definition) is 10. The maximum Gasteiger partial charge on any atom is 2.00 e. The zero-order chi connectivity index (χ0) is 44.4. The summed E-state index contributed by atoms with van der Waals surface area (Å²) in [6, 6.07) is 21.8. The summed E-state index contributed by atoms with van der Waals surface area (Å²) < 4.78 is 43.6. The number of methoxy groups -OCH3 is 8. The van der Waals surface area contributed by atoms with Gasteiger partial charge in [-0.1, -0.05) is 82.8 Å². The first-order chi connectivity index (χ1) is 30.3. The number of thiophene rings is 2. The largest absolute Gasteiger partial charge is 2.00 e. The van der Waals surface area contributed by atoms with Gasteiger partial charge in [0, 0.05) is 24.3 Å². The molecule has 0 amide bonds. The minimum atomic E-state index is 0. The third-order valence-corrected chi connectivity index (χ3v) is 10.3. The monoisotopic (exact) mass is 1050 g/mol. The van der Waals surface area contributed by atoms with Gasteiger partial charge in [0.05, 0.1) is 112 Å². The Hall–Kier alpha value is -7.27. The molecule has 0 saturated heterocycles. The van der Waals surface area contributed by atoms with E-state index in [1.165, 1.54) is 14.2 Å². The topological polar surface area (TPSA) is 73.8 Å². The van der Waals surface area contributed by atoms with E-state index >= 15 is 0 Å². The van der Waals surface area contributed by atoms with E-state index in [1.54, 1.807) is 102 Å². The first-order valence-corrected chi connectivity index (χ1v) is 20.1. The molecule has 6 aromatic rings. The quantitative estimate of drug-likeness (QED) is 0.111. The molecule has 0 aliphatic carbocycles. The molecule has 0 atom stereocenters. The van der Waals surface area contributed by atoms with E-state index in [9.17, 15) is 0 Å². The van der Waals surface area contributed by atoms with Crippen LogP contribution < -0.4 is 37.9 Å². The van der Waals surface area contributed by atoms with Gasteiger partial charge in [0.2, 0.25) is 0 Å². The van der Waals surface area contributed by atoms with Gasteiger partial charge in [-0.25, -0.2) is 0 Å². The Morgan fingerprint density at radius 3 is 0.730 bits per heavy atom. The van der Waals surface area contributed by atoms with Crippen molar-refractivity contribution in [2.75, 3.05) is 56.9 Å². The molecule has 8 nitrogen and oxygen atoms in total. The first kappa shape index (κ1) is 48.4. The van der Waals surface area contributed by atoms with Crippen molar-refractivity contribution in [3.63, 3.8) is 0 Å². The molecule has 63 heavy (non-hydrogen) atoms. The Morgan fingerprint density at radius 1 is 0.333 bits per heavy atom.